The summed E-state index contributed by atoms with van der Waals surface area (Å²) in [5.41, 5.74) is 4.56. The molecular formula is C17H16N4O3S. The number of hydrazine groups is 1. The van der Waals surface area contributed by atoms with E-state index in [2.05, 4.69) is 16.0 Å². The zero-order valence-electron chi connectivity index (χ0n) is 13.7. The molecule has 3 aromatic rings. The Balaban J connectivity index is 1.88. The largest absolute Gasteiger partial charge is 0.290 e. The van der Waals surface area contributed by atoms with E-state index in [4.69, 9.17) is 0 Å². The number of rotatable bonds is 3. The molecule has 0 saturated heterocycles. The molecule has 0 atom stereocenters. The first-order valence-electron chi connectivity index (χ1n) is 7.68. The van der Waals surface area contributed by atoms with E-state index < -0.39 is 11.8 Å². The van der Waals surface area contributed by atoms with Gasteiger partial charge >= 0.3 is 0 Å². The highest BCUT2D eigenvalue weighted by molar-refractivity contribution is 7.13. The van der Waals surface area contributed by atoms with E-state index in [0.29, 0.717) is 22.2 Å². The number of hydrogen-bond donors (Lipinski definition) is 2. The molecule has 25 heavy (non-hydrogen) atoms. The molecule has 2 amide bonds. The van der Waals surface area contributed by atoms with Crippen molar-refractivity contribution in [3.63, 3.8) is 0 Å². The van der Waals surface area contributed by atoms with Gasteiger partial charge in [-0.1, -0.05) is 18.2 Å². The summed E-state index contributed by atoms with van der Waals surface area (Å²) in [5, 5.41) is 4.96. The number of fused-ring (bicyclic) bond motifs is 1. The molecule has 2 heterocycles. The van der Waals surface area contributed by atoms with Crippen LogP contribution < -0.4 is 16.4 Å². The van der Waals surface area contributed by atoms with Gasteiger partial charge in [-0.2, -0.15) is 5.10 Å². The van der Waals surface area contributed by atoms with Crippen LogP contribution in [0.25, 0.3) is 10.8 Å². The zero-order chi connectivity index (χ0) is 18.0. The lowest BCUT2D eigenvalue weighted by atomic mass is 10.1. The average Bonchev–Trinajstić information content (AvgIpc) is 3.06. The number of benzene rings is 1. The molecule has 0 saturated carbocycles. The Hall–Kier alpha value is -3.00. The first-order valence-corrected chi connectivity index (χ1v) is 8.50. The molecule has 1 aromatic carbocycles. The smallest absolute Gasteiger partial charge is 0.267 e. The molecule has 3 rings (SSSR count). The van der Waals surface area contributed by atoms with E-state index >= 15 is 0 Å². The summed E-state index contributed by atoms with van der Waals surface area (Å²) in [6.07, 6.45) is 0. The summed E-state index contributed by atoms with van der Waals surface area (Å²) < 4.78 is 1.22. The van der Waals surface area contributed by atoms with Crippen molar-refractivity contribution in [2.75, 3.05) is 0 Å². The van der Waals surface area contributed by atoms with Gasteiger partial charge in [0, 0.05) is 16.8 Å². The Labute approximate surface area is 147 Å². The van der Waals surface area contributed by atoms with Crippen LogP contribution in [0.2, 0.25) is 0 Å². The molecule has 0 aliphatic rings. The Bertz CT molecular complexity index is 1020. The van der Waals surface area contributed by atoms with Gasteiger partial charge in [-0.3, -0.25) is 25.2 Å². The van der Waals surface area contributed by atoms with Gasteiger partial charge in [0.2, 0.25) is 0 Å². The summed E-state index contributed by atoms with van der Waals surface area (Å²) in [4.78, 5) is 38.3. The third-order valence-corrected chi connectivity index (χ3v) is 4.64. The second kappa shape index (κ2) is 6.86. The van der Waals surface area contributed by atoms with Crippen molar-refractivity contribution in [1.82, 2.24) is 20.6 Å². The molecule has 0 aliphatic carbocycles. The maximum Gasteiger partial charge on any atom is 0.290 e. The van der Waals surface area contributed by atoms with Gasteiger partial charge in [-0.15, -0.1) is 11.3 Å². The highest BCUT2D eigenvalue weighted by Crippen LogP contribution is 2.15. The maximum atomic E-state index is 12.5. The number of nitrogens with one attached hydrogen (secondary N) is 2. The minimum Gasteiger partial charge on any atom is -0.267 e. The van der Waals surface area contributed by atoms with Gasteiger partial charge in [-0.05, 0) is 32.0 Å². The number of carbonyl (C=O) groups excluding carboxylic acids is 2. The first-order chi connectivity index (χ1) is 12.0. The van der Waals surface area contributed by atoms with Crippen LogP contribution in [0.5, 0.6) is 0 Å². The van der Waals surface area contributed by atoms with Gasteiger partial charge in [0.05, 0.1) is 10.3 Å². The third kappa shape index (κ3) is 3.29. The maximum absolute atomic E-state index is 12.5. The number of aromatic nitrogens is 2. The van der Waals surface area contributed by atoms with Crippen molar-refractivity contribution in [3.8, 4) is 0 Å². The van der Waals surface area contributed by atoms with Crippen molar-refractivity contribution in [2.24, 2.45) is 0 Å². The van der Waals surface area contributed by atoms with Gasteiger partial charge in [0.1, 0.15) is 0 Å². The number of thiophene rings is 1. The van der Waals surface area contributed by atoms with E-state index in [9.17, 15) is 14.4 Å². The molecule has 2 aromatic heterocycles. The SMILES string of the molecule is CCn1nc(C(=O)NNC(=O)c2ccc(C)s2)c2ccccc2c1=O. The molecule has 0 unspecified atom stereocenters. The predicted octanol–water partition coefficient (Wildman–Crippen LogP) is 1.86. The number of amides is 2. The lowest BCUT2D eigenvalue weighted by Crippen LogP contribution is -2.42. The van der Waals surface area contributed by atoms with Crippen molar-refractivity contribution >= 4 is 33.9 Å². The minimum atomic E-state index is -0.583. The van der Waals surface area contributed by atoms with Gasteiger partial charge in [-0.25, -0.2) is 4.68 Å². The summed E-state index contributed by atoms with van der Waals surface area (Å²) in [6, 6.07) is 10.3. The average molecular weight is 356 g/mol. The van der Waals surface area contributed by atoms with E-state index in [1.165, 1.54) is 16.0 Å². The molecule has 2 N–H and O–H groups in total. The predicted molar refractivity (Wildman–Crippen MR) is 95.7 cm³/mol. The van der Waals surface area contributed by atoms with Crippen LogP contribution in [-0.4, -0.2) is 21.6 Å². The Morgan fingerprint density at radius 1 is 1.08 bits per heavy atom. The molecule has 0 fully saturated rings. The fourth-order valence-corrected chi connectivity index (χ4v) is 3.17. The lowest BCUT2D eigenvalue weighted by molar-refractivity contribution is 0.0846. The molecule has 8 heteroatoms. The Morgan fingerprint density at radius 3 is 2.40 bits per heavy atom. The monoisotopic (exact) mass is 356 g/mol. The van der Waals surface area contributed by atoms with Gasteiger partial charge in [0.25, 0.3) is 17.4 Å². The van der Waals surface area contributed by atoms with E-state index in [0.717, 1.165) is 4.88 Å². The fraction of sp³-hybridized carbons (Fsp3) is 0.176. The van der Waals surface area contributed by atoms with Crippen LogP contribution >= 0.6 is 11.3 Å². The van der Waals surface area contributed by atoms with Crippen LogP contribution in [-0.2, 0) is 6.54 Å². The summed E-state index contributed by atoms with van der Waals surface area (Å²) in [7, 11) is 0. The molecule has 128 valence electrons. The van der Waals surface area contributed by atoms with Crippen molar-refractivity contribution < 1.29 is 9.59 Å². The minimum absolute atomic E-state index is 0.0831. The van der Waals surface area contributed by atoms with Crippen LogP contribution in [0.4, 0.5) is 0 Å². The van der Waals surface area contributed by atoms with Crippen molar-refractivity contribution in [1.29, 1.82) is 0 Å². The van der Waals surface area contributed by atoms with Crippen LogP contribution in [0.1, 0.15) is 32.0 Å². The van der Waals surface area contributed by atoms with E-state index in [1.807, 2.05) is 13.0 Å². The standard InChI is InChI=1S/C17H16N4O3S/c1-3-21-17(24)12-7-5-4-6-11(12)14(20-21)16(23)19-18-15(22)13-9-8-10(2)25-13/h4-9H,3H2,1-2H3,(H,18,22)(H,19,23). The molecule has 0 radical (unpaired) electrons. The Kier molecular flexibility index (Phi) is 4.62. The van der Waals surface area contributed by atoms with E-state index in [1.54, 1.807) is 37.3 Å². The lowest BCUT2D eigenvalue weighted by Gasteiger charge is -2.10. The van der Waals surface area contributed by atoms with Gasteiger partial charge in [0.15, 0.2) is 5.69 Å². The fourth-order valence-electron chi connectivity index (χ4n) is 2.41. The molecule has 0 aliphatic heterocycles. The normalized spacial score (nSPS) is 10.6. The van der Waals surface area contributed by atoms with Crippen LogP contribution in [0.15, 0.2) is 41.2 Å². The number of nitrogens with zero attached hydrogens (tertiary/aromatic N) is 2. The highest BCUT2D eigenvalue weighted by atomic mass is 32.1. The topological polar surface area (TPSA) is 93.1 Å². The summed E-state index contributed by atoms with van der Waals surface area (Å²) >= 11 is 1.33. The van der Waals surface area contributed by atoms with Crippen LogP contribution in [0, 0.1) is 6.92 Å². The second-order valence-electron chi connectivity index (χ2n) is 5.33. The third-order valence-electron chi connectivity index (χ3n) is 3.64. The highest BCUT2D eigenvalue weighted by Gasteiger charge is 2.17. The van der Waals surface area contributed by atoms with E-state index in [-0.39, 0.29) is 11.3 Å². The Morgan fingerprint density at radius 2 is 1.76 bits per heavy atom. The first kappa shape index (κ1) is 16.8. The second-order valence-corrected chi connectivity index (χ2v) is 6.62. The number of hydrogen-bond acceptors (Lipinski definition) is 5. The number of aryl methyl sites for hydroxylation is 2. The molecule has 0 bridgehead atoms. The van der Waals surface area contributed by atoms with Crippen LogP contribution in [0.3, 0.4) is 0 Å². The zero-order valence-corrected chi connectivity index (χ0v) is 14.5. The molecule has 7 nitrogen and oxygen atoms in total. The van der Waals surface area contributed by atoms with Crippen molar-refractivity contribution in [3.05, 3.63) is 62.2 Å². The summed E-state index contributed by atoms with van der Waals surface area (Å²) in [6.45, 7) is 4.00. The van der Waals surface area contributed by atoms with Crippen molar-refractivity contribution in [2.45, 2.75) is 20.4 Å². The van der Waals surface area contributed by atoms with Gasteiger partial charge < -0.3 is 0 Å². The quantitative estimate of drug-likeness (QED) is 0.701. The number of carbonyl (C=O) groups is 2. The molecular weight excluding hydrogens is 340 g/mol. The summed E-state index contributed by atoms with van der Waals surface area (Å²) in [5.74, 6) is -0.986. The molecule has 0 spiro atoms.